The summed E-state index contributed by atoms with van der Waals surface area (Å²) in [6.45, 7) is 6.01. The number of amides is 1. The lowest BCUT2D eigenvalue weighted by Gasteiger charge is -2.35. The molecule has 5 nitrogen and oxygen atoms in total. The first kappa shape index (κ1) is 19.7. The van der Waals surface area contributed by atoms with Crippen LogP contribution in [0.15, 0.2) is 46.9 Å². The molecule has 0 aromatic heterocycles. The van der Waals surface area contributed by atoms with Crippen molar-refractivity contribution in [2.75, 3.05) is 39.9 Å². The van der Waals surface area contributed by atoms with Crippen LogP contribution in [0.3, 0.4) is 0 Å². The molecule has 0 radical (unpaired) electrons. The second kappa shape index (κ2) is 9.24. The van der Waals surface area contributed by atoms with Gasteiger partial charge in [0, 0.05) is 42.8 Å². The van der Waals surface area contributed by atoms with Gasteiger partial charge in [-0.15, -0.1) is 0 Å². The summed E-state index contributed by atoms with van der Waals surface area (Å²) in [6, 6.07) is 13.8. The van der Waals surface area contributed by atoms with Crippen molar-refractivity contribution in [3.05, 3.63) is 58.1 Å². The summed E-state index contributed by atoms with van der Waals surface area (Å²) in [5, 5.41) is 0. The molecule has 1 amide bonds. The highest BCUT2D eigenvalue weighted by molar-refractivity contribution is 9.10. The number of benzene rings is 2. The molecule has 0 unspecified atom stereocenters. The zero-order valence-corrected chi connectivity index (χ0v) is 17.4. The highest BCUT2D eigenvalue weighted by atomic mass is 79.9. The fraction of sp³-hybridized carbons (Fsp3) is 0.381. The van der Waals surface area contributed by atoms with Crippen LogP contribution in [0.25, 0.3) is 0 Å². The first-order chi connectivity index (χ1) is 13.0. The maximum Gasteiger partial charge on any atom is 0.260 e. The third kappa shape index (κ3) is 5.47. The highest BCUT2D eigenvalue weighted by Gasteiger charge is 2.22. The normalized spacial score (nSPS) is 14.9. The number of carbonyl (C=O) groups is 1. The Morgan fingerprint density at radius 2 is 1.89 bits per heavy atom. The van der Waals surface area contributed by atoms with E-state index in [0.29, 0.717) is 13.1 Å². The molecule has 6 heteroatoms. The molecule has 3 rings (SSSR count). The predicted molar refractivity (Wildman–Crippen MR) is 109 cm³/mol. The van der Waals surface area contributed by atoms with Gasteiger partial charge in [0.1, 0.15) is 11.5 Å². The van der Waals surface area contributed by atoms with Crippen LogP contribution in [-0.4, -0.2) is 55.6 Å². The maximum absolute atomic E-state index is 12.4. The molecule has 27 heavy (non-hydrogen) atoms. The van der Waals surface area contributed by atoms with Crippen LogP contribution in [0, 0.1) is 6.92 Å². The van der Waals surface area contributed by atoms with Crippen LogP contribution < -0.4 is 9.47 Å². The molecule has 0 saturated carbocycles. The Balaban J connectivity index is 1.48. The van der Waals surface area contributed by atoms with E-state index in [4.69, 9.17) is 9.47 Å². The molecular weight excluding hydrogens is 408 g/mol. The smallest absolute Gasteiger partial charge is 0.260 e. The van der Waals surface area contributed by atoms with Crippen molar-refractivity contribution in [3.63, 3.8) is 0 Å². The molecule has 0 spiro atoms. The van der Waals surface area contributed by atoms with Gasteiger partial charge in [-0.3, -0.25) is 9.69 Å². The summed E-state index contributed by atoms with van der Waals surface area (Å²) >= 11 is 3.52. The monoisotopic (exact) mass is 432 g/mol. The van der Waals surface area contributed by atoms with Gasteiger partial charge in [0.15, 0.2) is 6.61 Å². The van der Waals surface area contributed by atoms with Gasteiger partial charge in [-0.25, -0.2) is 0 Å². The fourth-order valence-corrected chi connectivity index (χ4v) is 3.62. The van der Waals surface area contributed by atoms with Gasteiger partial charge in [0.05, 0.1) is 7.11 Å². The highest BCUT2D eigenvalue weighted by Crippen LogP contribution is 2.24. The molecule has 144 valence electrons. The number of piperazine rings is 1. The van der Waals surface area contributed by atoms with Gasteiger partial charge in [-0.1, -0.05) is 28.1 Å². The van der Waals surface area contributed by atoms with E-state index in [9.17, 15) is 4.79 Å². The Bertz CT molecular complexity index is 789. The van der Waals surface area contributed by atoms with Crippen molar-refractivity contribution in [2.24, 2.45) is 0 Å². The Morgan fingerprint density at radius 3 is 2.59 bits per heavy atom. The lowest BCUT2D eigenvalue weighted by molar-refractivity contribution is -0.135. The van der Waals surface area contributed by atoms with Gasteiger partial charge < -0.3 is 14.4 Å². The second-order valence-corrected chi connectivity index (χ2v) is 7.63. The molecule has 0 N–H and O–H groups in total. The number of aryl methyl sites for hydroxylation is 1. The molecular formula is C21H25BrN2O3. The zero-order chi connectivity index (χ0) is 19.2. The summed E-state index contributed by atoms with van der Waals surface area (Å²) in [7, 11) is 1.69. The lowest BCUT2D eigenvalue weighted by atomic mass is 10.1. The number of nitrogens with zero attached hydrogens (tertiary/aromatic N) is 2. The maximum atomic E-state index is 12.4. The third-order valence-corrected chi connectivity index (χ3v) is 5.21. The minimum atomic E-state index is 0.0381. The van der Waals surface area contributed by atoms with E-state index >= 15 is 0 Å². The van der Waals surface area contributed by atoms with Crippen LogP contribution in [0.2, 0.25) is 0 Å². The van der Waals surface area contributed by atoms with Crippen molar-refractivity contribution < 1.29 is 14.3 Å². The summed E-state index contributed by atoms with van der Waals surface area (Å²) < 4.78 is 12.1. The van der Waals surface area contributed by atoms with Gasteiger partial charge in [0.25, 0.3) is 5.91 Å². The van der Waals surface area contributed by atoms with Crippen molar-refractivity contribution in [3.8, 4) is 11.5 Å². The number of ether oxygens (including phenoxy) is 2. The quantitative estimate of drug-likeness (QED) is 0.700. The Hall–Kier alpha value is -2.05. The fourth-order valence-electron chi connectivity index (χ4n) is 3.21. The number of rotatable bonds is 6. The summed E-state index contributed by atoms with van der Waals surface area (Å²) in [5.41, 5.74) is 2.27. The van der Waals surface area contributed by atoms with Crippen LogP contribution in [-0.2, 0) is 11.3 Å². The van der Waals surface area contributed by atoms with E-state index in [1.165, 1.54) is 0 Å². The van der Waals surface area contributed by atoms with E-state index < -0.39 is 0 Å². The standard InChI is InChI=1S/C21H25BrN2O3/c1-16-4-3-5-19(12-16)27-15-21(25)24-10-8-23(9-11-24)14-17-13-18(22)6-7-20(17)26-2/h3-7,12-13H,8-11,14-15H2,1-2H3. The van der Waals surface area contributed by atoms with E-state index in [-0.39, 0.29) is 12.5 Å². The predicted octanol–water partition coefficient (Wildman–Crippen LogP) is 3.49. The van der Waals surface area contributed by atoms with Crippen LogP contribution in [0.4, 0.5) is 0 Å². The minimum Gasteiger partial charge on any atom is -0.496 e. The summed E-state index contributed by atoms with van der Waals surface area (Å²) in [4.78, 5) is 16.6. The summed E-state index contributed by atoms with van der Waals surface area (Å²) in [6.07, 6.45) is 0. The Morgan fingerprint density at radius 1 is 1.11 bits per heavy atom. The van der Waals surface area contributed by atoms with Crippen molar-refractivity contribution in [2.45, 2.75) is 13.5 Å². The van der Waals surface area contributed by atoms with Crippen molar-refractivity contribution in [1.82, 2.24) is 9.80 Å². The lowest BCUT2D eigenvalue weighted by Crippen LogP contribution is -2.49. The molecule has 1 fully saturated rings. The molecule has 1 aliphatic heterocycles. The largest absolute Gasteiger partial charge is 0.496 e. The number of methoxy groups -OCH3 is 1. The Kier molecular flexibility index (Phi) is 6.74. The van der Waals surface area contributed by atoms with Crippen LogP contribution >= 0.6 is 15.9 Å². The SMILES string of the molecule is COc1ccc(Br)cc1CN1CCN(C(=O)COc2cccc(C)c2)CC1. The van der Waals surface area contributed by atoms with Crippen LogP contribution in [0.1, 0.15) is 11.1 Å². The number of carbonyl (C=O) groups excluding carboxylic acids is 1. The first-order valence-electron chi connectivity index (χ1n) is 9.07. The van der Waals surface area contributed by atoms with Crippen molar-refractivity contribution in [1.29, 1.82) is 0 Å². The van der Waals surface area contributed by atoms with Crippen LogP contribution in [0.5, 0.6) is 11.5 Å². The van der Waals surface area contributed by atoms with E-state index in [0.717, 1.165) is 46.7 Å². The summed E-state index contributed by atoms with van der Waals surface area (Å²) in [5.74, 6) is 1.67. The molecule has 2 aromatic carbocycles. The van der Waals surface area contributed by atoms with E-state index in [1.54, 1.807) is 7.11 Å². The van der Waals surface area contributed by atoms with Gasteiger partial charge in [0.2, 0.25) is 0 Å². The topological polar surface area (TPSA) is 42.0 Å². The zero-order valence-electron chi connectivity index (χ0n) is 15.8. The number of halogens is 1. The second-order valence-electron chi connectivity index (χ2n) is 6.72. The van der Waals surface area contributed by atoms with Crippen molar-refractivity contribution >= 4 is 21.8 Å². The minimum absolute atomic E-state index is 0.0381. The third-order valence-electron chi connectivity index (χ3n) is 4.71. The molecule has 0 atom stereocenters. The molecule has 2 aromatic rings. The molecule has 1 heterocycles. The van der Waals surface area contributed by atoms with Gasteiger partial charge in [-0.2, -0.15) is 0 Å². The molecule has 0 bridgehead atoms. The molecule has 0 aliphatic carbocycles. The molecule has 1 saturated heterocycles. The number of hydrogen-bond donors (Lipinski definition) is 0. The van der Waals surface area contributed by atoms with E-state index in [2.05, 4.69) is 26.9 Å². The average Bonchev–Trinajstić information content (AvgIpc) is 2.67. The van der Waals surface area contributed by atoms with Gasteiger partial charge >= 0.3 is 0 Å². The number of hydrogen-bond acceptors (Lipinski definition) is 4. The molecule has 1 aliphatic rings. The average molecular weight is 433 g/mol. The first-order valence-corrected chi connectivity index (χ1v) is 9.86. The Labute approximate surface area is 169 Å². The van der Waals surface area contributed by atoms with Gasteiger partial charge in [-0.05, 0) is 42.8 Å². The van der Waals surface area contributed by atoms with E-state index in [1.807, 2.05) is 48.2 Å².